The van der Waals surface area contributed by atoms with Crippen LogP contribution in [0.5, 0.6) is 0 Å². The highest BCUT2D eigenvalue weighted by molar-refractivity contribution is 6.01. The molecule has 5 nitrogen and oxygen atoms in total. The lowest BCUT2D eigenvalue weighted by Crippen LogP contribution is -2.39. The first kappa shape index (κ1) is 21.8. The number of primary amides is 1. The summed E-state index contributed by atoms with van der Waals surface area (Å²) in [4.78, 5) is 26.0. The van der Waals surface area contributed by atoms with Gasteiger partial charge in [0.2, 0.25) is 11.8 Å². The van der Waals surface area contributed by atoms with E-state index >= 15 is 0 Å². The van der Waals surface area contributed by atoms with Crippen LogP contribution in [0.4, 0.5) is 5.69 Å². The first-order chi connectivity index (χ1) is 14.2. The topological polar surface area (TPSA) is 75.4 Å². The van der Waals surface area contributed by atoms with E-state index < -0.39 is 0 Å². The predicted molar refractivity (Wildman–Crippen MR) is 122 cm³/mol. The van der Waals surface area contributed by atoms with Gasteiger partial charge in [0.1, 0.15) is 0 Å². The molecular weight excluding hydrogens is 374 g/mol. The molecule has 3 N–H and O–H groups in total. The molecule has 1 fully saturated rings. The SMILES string of the molecule is CC(C)(C)c1ccc(C=CC(=O)Nc2cccc(CN3CCCC3C(N)=O)c2)cc1. The molecule has 2 aromatic rings. The van der Waals surface area contributed by atoms with E-state index in [0.29, 0.717) is 6.54 Å². The van der Waals surface area contributed by atoms with E-state index in [2.05, 4.69) is 43.1 Å². The van der Waals surface area contributed by atoms with Crippen LogP contribution in [0, 0.1) is 0 Å². The van der Waals surface area contributed by atoms with Crippen molar-refractivity contribution in [1.29, 1.82) is 0 Å². The Kier molecular flexibility index (Phi) is 6.73. The van der Waals surface area contributed by atoms with Gasteiger partial charge in [-0.1, -0.05) is 57.2 Å². The van der Waals surface area contributed by atoms with E-state index in [1.165, 1.54) is 5.56 Å². The van der Waals surface area contributed by atoms with Gasteiger partial charge in [-0.15, -0.1) is 0 Å². The van der Waals surface area contributed by atoms with E-state index in [1.54, 1.807) is 6.08 Å². The van der Waals surface area contributed by atoms with Crippen molar-refractivity contribution in [3.63, 3.8) is 0 Å². The molecule has 5 heteroatoms. The lowest BCUT2D eigenvalue weighted by molar-refractivity contribution is -0.122. The Morgan fingerprint density at radius 3 is 2.57 bits per heavy atom. The van der Waals surface area contributed by atoms with Crippen LogP contribution in [0.2, 0.25) is 0 Å². The summed E-state index contributed by atoms with van der Waals surface area (Å²) >= 11 is 0. The molecule has 0 saturated carbocycles. The van der Waals surface area contributed by atoms with Gasteiger partial charge in [0, 0.05) is 18.3 Å². The van der Waals surface area contributed by atoms with Crippen molar-refractivity contribution in [3.05, 3.63) is 71.3 Å². The number of rotatable bonds is 6. The van der Waals surface area contributed by atoms with Crippen LogP contribution in [0.1, 0.15) is 50.3 Å². The van der Waals surface area contributed by atoms with Gasteiger partial charge in [-0.3, -0.25) is 14.5 Å². The van der Waals surface area contributed by atoms with E-state index in [0.717, 1.165) is 36.2 Å². The minimum absolute atomic E-state index is 0.108. The maximum absolute atomic E-state index is 12.3. The molecule has 1 aliphatic heterocycles. The van der Waals surface area contributed by atoms with E-state index in [4.69, 9.17) is 5.73 Å². The van der Waals surface area contributed by atoms with Gasteiger partial charge in [-0.25, -0.2) is 0 Å². The zero-order chi connectivity index (χ0) is 21.7. The third-order valence-electron chi connectivity index (χ3n) is 5.48. The zero-order valence-electron chi connectivity index (χ0n) is 18.0. The second kappa shape index (κ2) is 9.26. The predicted octanol–water partition coefficient (Wildman–Crippen LogP) is 4.09. The number of nitrogens with two attached hydrogens (primary N) is 1. The lowest BCUT2D eigenvalue weighted by atomic mass is 9.87. The number of nitrogens with zero attached hydrogens (tertiary/aromatic N) is 1. The number of amides is 2. The Morgan fingerprint density at radius 2 is 1.90 bits per heavy atom. The third-order valence-corrected chi connectivity index (χ3v) is 5.48. The lowest BCUT2D eigenvalue weighted by Gasteiger charge is -2.22. The largest absolute Gasteiger partial charge is 0.368 e. The highest BCUT2D eigenvalue weighted by Crippen LogP contribution is 2.23. The molecule has 30 heavy (non-hydrogen) atoms. The molecule has 0 aromatic heterocycles. The van der Waals surface area contributed by atoms with Crippen molar-refractivity contribution >= 4 is 23.6 Å². The summed E-state index contributed by atoms with van der Waals surface area (Å²) in [6.07, 6.45) is 5.15. The normalized spacial score (nSPS) is 17.4. The highest BCUT2D eigenvalue weighted by Gasteiger charge is 2.28. The maximum Gasteiger partial charge on any atom is 0.248 e. The van der Waals surface area contributed by atoms with Gasteiger partial charge >= 0.3 is 0 Å². The minimum atomic E-state index is -0.266. The van der Waals surface area contributed by atoms with Crippen LogP contribution < -0.4 is 11.1 Å². The molecule has 1 heterocycles. The Balaban J connectivity index is 1.59. The number of hydrogen-bond donors (Lipinski definition) is 2. The smallest absolute Gasteiger partial charge is 0.248 e. The molecule has 1 unspecified atom stereocenters. The fourth-order valence-corrected chi connectivity index (χ4v) is 3.77. The quantitative estimate of drug-likeness (QED) is 0.711. The zero-order valence-corrected chi connectivity index (χ0v) is 18.0. The van der Waals surface area contributed by atoms with Crippen molar-refractivity contribution in [2.45, 2.75) is 51.6 Å². The molecule has 0 aliphatic carbocycles. The number of nitrogens with one attached hydrogen (secondary N) is 1. The van der Waals surface area contributed by atoms with Crippen LogP contribution in [0.15, 0.2) is 54.6 Å². The first-order valence-corrected chi connectivity index (χ1v) is 10.4. The van der Waals surface area contributed by atoms with Crippen molar-refractivity contribution in [1.82, 2.24) is 4.90 Å². The Morgan fingerprint density at radius 1 is 1.17 bits per heavy atom. The average molecular weight is 406 g/mol. The molecule has 1 atom stereocenters. The highest BCUT2D eigenvalue weighted by atomic mass is 16.2. The van der Waals surface area contributed by atoms with Crippen LogP contribution in [0.25, 0.3) is 6.08 Å². The molecule has 1 aliphatic rings. The van der Waals surface area contributed by atoms with Gasteiger partial charge in [0.15, 0.2) is 0 Å². The van der Waals surface area contributed by atoms with Gasteiger partial charge < -0.3 is 11.1 Å². The molecule has 3 rings (SSSR count). The average Bonchev–Trinajstić information content (AvgIpc) is 3.15. The van der Waals surface area contributed by atoms with Crippen molar-refractivity contribution in [2.75, 3.05) is 11.9 Å². The number of likely N-dealkylation sites (tertiary alicyclic amines) is 1. The summed E-state index contributed by atoms with van der Waals surface area (Å²) in [6.45, 7) is 8.04. The van der Waals surface area contributed by atoms with E-state index in [1.807, 2.05) is 42.5 Å². The summed E-state index contributed by atoms with van der Waals surface area (Å²) in [6, 6.07) is 15.8. The Labute approximate surface area is 179 Å². The summed E-state index contributed by atoms with van der Waals surface area (Å²) in [5.74, 6) is -0.444. The summed E-state index contributed by atoms with van der Waals surface area (Å²) in [5, 5.41) is 2.91. The fraction of sp³-hybridized carbons (Fsp3) is 0.360. The molecule has 0 spiro atoms. The molecule has 158 valence electrons. The molecule has 0 bridgehead atoms. The molecule has 2 aromatic carbocycles. The number of hydrogen-bond acceptors (Lipinski definition) is 3. The summed E-state index contributed by atoms with van der Waals surface area (Å²) < 4.78 is 0. The van der Waals surface area contributed by atoms with Gasteiger partial charge in [-0.2, -0.15) is 0 Å². The van der Waals surface area contributed by atoms with E-state index in [9.17, 15) is 9.59 Å². The maximum atomic E-state index is 12.3. The second-order valence-electron chi connectivity index (χ2n) is 8.93. The van der Waals surface area contributed by atoms with Crippen molar-refractivity contribution in [2.24, 2.45) is 5.73 Å². The van der Waals surface area contributed by atoms with Crippen LogP contribution in [-0.2, 0) is 21.5 Å². The molecule has 0 radical (unpaired) electrons. The first-order valence-electron chi connectivity index (χ1n) is 10.4. The van der Waals surface area contributed by atoms with Gasteiger partial charge in [0.25, 0.3) is 0 Å². The number of carbonyl (C=O) groups excluding carboxylic acids is 2. The minimum Gasteiger partial charge on any atom is -0.368 e. The molecule has 1 saturated heterocycles. The molecular formula is C25H31N3O2. The number of benzene rings is 2. The van der Waals surface area contributed by atoms with Gasteiger partial charge in [-0.05, 0) is 59.7 Å². The Bertz CT molecular complexity index is 926. The van der Waals surface area contributed by atoms with E-state index in [-0.39, 0.29) is 23.3 Å². The van der Waals surface area contributed by atoms with Crippen LogP contribution in [0.3, 0.4) is 0 Å². The standard InChI is InChI=1S/C25H31N3O2/c1-25(2,3)20-12-9-18(10-13-20)11-14-23(29)27-21-7-4-6-19(16-21)17-28-15-5-8-22(28)24(26)30/h4,6-7,9-14,16,22H,5,8,15,17H2,1-3H3,(H2,26,30)(H,27,29). The fourth-order valence-electron chi connectivity index (χ4n) is 3.77. The van der Waals surface area contributed by atoms with Crippen LogP contribution in [-0.4, -0.2) is 29.3 Å². The monoisotopic (exact) mass is 405 g/mol. The van der Waals surface area contributed by atoms with Crippen LogP contribution >= 0.6 is 0 Å². The summed E-state index contributed by atoms with van der Waals surface area (Å²) in [7, 11) is 0. The van der Waals surface area contributed by atoms with Crippen molar-refractivity contribution in [3.8, 4) is 0 Å². The second-order valence-corrected chi connectivity index (χ2v) is 8.93. The number of carbonyl (C=O) groups is 2. The van der Waals surface area contributed by atoms with Crippen molar-refractivity contribution < 1.29 is 9.59 Å². The Hall–Kier alpha value is -2.92. The summed E-state index contributed by atoms with van der Waals surface area (Å²) in [5.41, 5.74) is 9.64. The van der Waals surface area contributed by atoms with Gasteiger partial charge in [0.05, 0.1) is 6.04 Å². The number of anilines is 1. The third kappa shape index (κ3) is 5.80. The molecule has 2 amide bonds.